The second kappa shape index (κ2) is 8.86. The molecule has 0 spiro atoms. The third-order valence-electron chi connectivity index (χ3n) is 6.49. The topological polar surface area (TPSA) is 31.4 Å². The molecule has 1 aromatic heterocycles. The Morgan fingerprint density at radius 1 is 1.03 bits per heavy atom. The molecule has 0 aliphatic heterocycles. The van der Waals surface area contributed by atoms with Crippen LogP contribution in [0.5, 0.6) is 11.5 Å². The van der Waals surface area contributed by atoms with E-state index in [1.54, 1.807) is 7.11 Å². The van der Waals surface area contributed by atoms with Crippen LogP contribution in [0.25, 0.3) is 0 Å². The number of hydrogen-bond donors (Lipinski definition) is 0. The maximum atomic E-state index is 6.35. The van der Waals surface area contributed by atoms with Gasteiger partial charge in [-0.1, -0.05) is 37.3 Å². The number of nitrogens with zero attached hydrogens (tertiary/aromatic N) is 1. The first-order valence-corrected chi connectivity index (χ1v) is 10.9. The Kier molecular flexibility index (Phi) is 6.03. The van der Waals surface area contributed by atoms with Crippen LogP contribution in [-0.2, 0) is 11.8 Å². The van der Waals surface area contributed by atoms with Gasteiger partial charge in [-0.15, -0.1) is 0 Å². The van der Waals surface area contributed by atoms with Crippen molar-refractivity contribution in [3.8, 4) is 11.5 Å². The summed E-state index contributed by atoms with van der Waals surface area (Å²) in [5.41, 5.74) is 2.51. The largest absolute Gasteiger partial charge is 0.493 e. The highest BCUT2D eigenvalue weighted by Gasteiger charge is 2.37. The molecule has 1 heterocycles. The first-order chi connectivity index (χ1) is 14.2. The van der Waals surface area contributed by atoms with Crippen LogP contribution in [0.2, 0.25) is 0 Å². The predicted octanol–water partition coefficient (Wildman–Crippen LogP) is 6.04. The second-order valence-corrected chi connectivity index (χ2v) is 8.22. The molecule has 2 aliphatic rings. The van der Waals surface area contributed by atoms with Crippen molar-refractivity contribution in [2.45, 2.75) is 57.0 Å². The number of allylic oxidation sites excluding steroid dienone is 4. The van der Waals surface area contributed by atoms with Gasteiger partial charge in [0.05, 0.1) is 13.2 Å². The van der Waals surface area contributed by atoms with Gasteiger partial charge in [0.2, 0.25) is 0 Å². The van der Waals surface area contributed by atoms with Gasteiger partial charge in [-0.2, -0.15) is 0 Å². The molecule has 29 heavy (non-hydrogen) atoms. The van der Waals surface area contributed by atoms with Crippen LogP contribution in [-0.4, -0.2) is 18.2 Å². The number of hydrogen-bond acceptors (Lipinski definition) is 3. The van der Waals surface area contributed by atoms with Crippen LogP contribution in [0, 0.1) is 5.92 Å². The smallest absolute Gasteiger partial charge is 0.161 e. The van der Waals surface area contributed by atoms with Crippen molar-refractivity contribution in [1.29, 1.82) is 0 Å². The molecule has 2 unspecified atom stereocenters. The highest BCUT2D eigenvalue weighted by Crippen LogP contribution is 2.43. The Labute approximate surface area is 174 Å². The van der Waals surface area contributed by atoms with E-state index >= 15 is 0 Å². The van der Waals surface area contributed by atoms with Crippen molar-refractivity contribution in [3.63, 3.8) is 0 Å². The lowest BCUT2D eigenvalue weighted by atomic mass is 9.64. The summed E-state index contributed by atoms with van der Waals surface area (Å²) >= 11 is 0. The Morgan fingerprint density at radius 3 is 2.55 bits per heavy atom. The normalized spacial score (nSPS) is 24.0. The van der Waals surface area contributed by atoms with Gasteiger partial charge in [0.25, 0.3) is 0 Å². The van der Waals surface area contributed by atoms with Gasteiger partial charge in [0.1, 0.15) is 0 Å². The Morgan fingerprint density at radius 2 is 1.83 bits per heavy atom. The SMILES string of the molecule is CCC1C=CC=CC1(Cc1ccc(OC)c(OC2CCCC2)c1)c1ccncc1. The van der Waals surface area contributed by atoms with Crippen molar-refractivity contribution >= 4 is 0 Å². The van der Waals surface area contributed by atoms with Crippen molar-refractivity contribution in [3.05, 3.63) is 78.2 Å². The van der Waals surface area contributed by atoms with Gasteiger partial charge in [-0.25, -0.2) is 0 Å². The van der Waals surface area contributed by atoms with E-state index in [-0.39, 0.29) is 5.41 Å². The summed E-state index contributed by atoms with van der Waals surface area (Å²) in [5, 5.41) is 0. The van der Waals surface area contributed by atoms with Gasteiger partial charge in [0.15, 0.2) is 11.5 Å². The molecule has 1 saturated carbocycles. The number of benzene rings is 1. The fraction of sp³-hybridized carbons (Fsp3) is 0.423. The molecule has 0 saturated heterocycles. The summed E-state index contributed by atoms with van der Waals surface area (Å²) < 4.78 is 11.9. The quantitative estimate of drug-likeness (QED) is 0.578. The van der Waals surface area contributed by atoms with E-state index in [2.05, 4.69) is 66.5 Å². The highest BCUT2D eigenvalue weighted by atomic mass is 16.5. The molecule has 152 valence electrons. The average Bonchev–Trinajstić information content (AvgIpc) is 3.28. The van der Waals surface area contributed by atoms with Crippen molar-refractivity contribution in [2.24, 2.45) is 5.92 Å². The first-order valence-electron chi connectivity index (χ1n) is 10.9. The van der Waals surface area contributed by atoms with E-state index in [9.17, 15) is 0 Å². The average molecular weight is 390 g/mol. The van der Waals surface area contributed by atoms with Gasteiger partial charge >= 0.3 is 0 Å². The molecule has 0 radical (unpaired) electrons. The van der Waals surface area contributed by atoms with Crippen molar-refractivity contribution in [2.75, 3.05) is 7.11 Å². The van der Waals surface area contributed by atoms with Crippen LogP contribution in [0.15, 0.2) is 67.0 Å². The highest BCUT2D eigenvalue weighted by molar-refractivity contribution is 5.46. The molecule has 0 bridgehead atoms. The second-order valence-electron chi connectivity index (χ2n) is 8.22. The van der Waals surface area contributed by atoms with E-state index in [1.807, 2.05) is 12.4 Å². The molecule has 1 fully saturated rings. The minimum Gasteiger partial charge on any atom is -0.493 e. The summed E-state index contributed by atoms with van der Waals surface area (Å²) in [7, 11) is 1.72. The fourth-order valence-electron chi connectivity index (χ4n) is 4.93. The summed E-state index contributed by atoms with van der Waals surface area (Å²) in [6, 6.07) is 10.8. The molecule has 0 amide bonds. The molecule has 4 rings (SSSR count). The van der Waals surface area contributed by atoms with E-state index in [1.165, 1.54) is 24.0 Å². The summed E-state index contributed by atoms with van der Waals surface area (Å²) in [4.78, 5) is 4.24. The standard InChI is InChI=1S/C26H31NO2/c1-3-21-8-6-7-15-26(21,22-13-16-27-17-14-22)19-20-11-12-24(28-2)25(18-20)29-23-9-4-5-10-23/h6-8,11-18,21,23H,3-5,9-10,19H2,1-2H3. The van der Waals surface area contributed by atoms with E-state index < -0.39 is 0 Å². The lowest BCUT2D eigenvalue weighted by molar-refractivity contribution is 0.200. The Bertz CT molecular complexity index is 868. The van der Waals surface area contributed by atoms with Gasteiger partial charge in [-0.3, -0.25) is 4.98 Å². The molecule has 3 nitrogen and oxygen atoms in total. The third kappa shape index (κ3) is 4.10. The molecular formula is C26H31NO2. The minimum atomic E-state index is -0.0777. The Balaban J connectivity index is 1.69. The molecule has 2 atom stereocenters. The molecular weight excluding hydrogens is 358 g/mol. The predicted molar refractivity (Wildman–Crippen MR) is 118 cm³/mol. The van der Waals surface area contributed by atoms with E-state index in [0.717, 1.165) is 37.2 Å². The third-order valence-corrected chi connectivity index (χ3v) is 6.49. The maximum Gasteiger partial charge on any atom is 0.161 e. The van der Waals surface area contributed by atoms with Crippen LogP contribution < -0.4 is 9.47 Å². The van der Waals surface area contributed by atoms with Crippen LogP contribution >= 0.6 is 0 Å². The molecule has 1 aromatic carbocycles. The first kappa shape index (κ1) is 19.8. The molecule has 2 aliphatic carbocycles. The monoisotopic (exact) mass is 389 g/mol. The number of aromatic nitrogens is 1. The van der Waals surface area contributed by atoms with E-state index in [0.29, 0.717) is 12.0 Å². The Hall–Kier alpha value is -2.55. The zero-order chi connectivity index (χ0) is 20.1. The zero-order valence-electron chi connectivity index (χ0n) is 17.5. The van der Waals surface area contributed by atoms with Gasteiger partial charge in [-0.05, 0) is 79.8 Å². The number of pyridine rings is 1. The fourth-order valence-corrected chi connectivity index (χ4v) is 4.93. The summed E-state index contributed by atoms with van der Waals surface area (Å²) in [5.74, 6) is 2.14. The number of rotatable bonds is 7. The lowest BCUT2D eigenvalue weighted by Crippen LogP contribution is -2.35. The molecule has 0 N–H and O–H groups in total. The minimum absolute atomic E-state index is 0.0777. The number of methoxy groups -OCH3 is 1. The maximum absolute atomic E-state index is 6.35. The lowest BCUT2D eigenvalue weighted by Gasteiger charge is -2.39. The molecule has 3 heteroatoms. The zero-order valence-corrected chi connectivity index (χ0v) is 17.5. The van der Waals surface area contributed by atoms with Crippen molar-refractivity contribution in [1.82, 2.24) is 4.98 Å². The summed E-state index contributed by atoms with van der Waals surface area (Å²) in [6.07, 6.45) is 20.0. The van der Waals surface area contributed by atoms with Crippen LogP contribution in [0.4, 0.5) is 0 Å². The molecule has 2 aromatic rings. The van der Waals surface area contributed by atoms with E-state index in [4.69, 9.17) is 9.47 Å². The van der Waals surface area contributed by atoms with Crippen LogP contribution in [0.1, 0.15) is 50.2 Å². The van der Waals surface area contributed by atoms with Crippen molar-refractivity contribution < 1.29 is 9.47 Å². The van der Waals surface area contributed by atoms with Crippen LogP contribution in [0.3, 0.4) is 0 Å². The summed E-state index contributed by atoms with van der Waals surface area (Å²) in [6.45, 7) is 2.27. The van der Waals surface area contributed by atoms with Gasteiger partial charge in [0, 0.05) is 17.8 Å². The van der Waals surface area contributed by atoms with Gasteiger partial charge < -0.3 is 9.47 Å². The number of ether oxygens (including phenoxy) is 2.